The second-order valence-electron chi connectivity index (χ2n) is 15.8. The van der Waals surface area contributed by atoms with Gasteiger partial charge in [-0.1, -0.05) is 164 Å². The van der Waals surface area contributed by atoms with Crippen molar-refractivity contribution in [2.45, 2.75) is 0 Å². The molecule has 0 saturated heterocycles. The Morgan fingerprint density at radius 1 is 0.258 bits per heavy atom. The first-order valence-electron chi connectivity index (χ1n) is 21.1. The SMILES string of the molecule is c1ccc(-c2cccc(-c3cc(-c4cccc(-c5ccccc5)c4)nc(-c4ccc(-n5c6ccccc6c6ccc7c8ccccc8n(-c8ccccc8)c7c65)cc4)n3)c2)cc1. The lowest BCUT2D eigenvalue weighted by Gasteiger charge is -2.14. The molecule has 12 aromatic rings. The molecule has 0 amide bonds. The van der Waals surface area contributed by atoms with Crippen LogP contribution in [0.5, 0.6) is 0 Å². The van der Waals surface area contributed by atoms with Gasteiger partial charge in [0.25, 0.3) is 0 Å². The van der Waals surface area contributed by atoms with Crippen LogP contribution in [0.1, 0.15) is 0 Å². The number of hydrogen-bond acceptors (Lipinski definition) is 2. The third-order valence-corrected chi connectivity index (χ3v) is 12.1. The van der Waals surface area contributed by atoms with Gasteiger partial charge in [-0.05, 0) is 89.0 Å². The Kier molecular flexibility index (Phi) is 8.46. The zero-order chi connectivity index (χ0) is 41.0. The van der Waals surface area contributed by atoms with Crippen molar-refractivity contribution < 1.29 is 0 Å². The van der Waals surface area contributed by atoms with Crippen LogP contribution in [0.3, 0.4) is 0 Å². The van der Waals surface area contributed by atoms with E-state index in [0.29, 0.717) is 5.82 Å². The lowest BCUT2D eigenvalue weighted by atomic mass is 9.99. The second kappa shape index (κ2) is 14.7. The van der Waals surface area contributed by atoms with Gasteiger partial charge in [-0.2, -0.15) is 0 Å². The van der Waals surface area contributed by atoms with E-state index in [2.05, 4.69) is 240 Å². The fourth-order valence-electron chi connectivity index (χ4n) is 9.22. The number of hydrogen-bond donors (Lipinski definition) is 0. The van der Waals surface area contributed by atoms with E-state index in [1.165, 1.54) is 49.2 Å². The molecule has 4 nitrogen and oxygen atoms in total. The third-order valence-electron chi connectivity index (χ3n) is 12.1. The van der Waals surface area contributed by atoms with Gasteiger partial charge in [0.1, 0.15) is 0 Å². The van der Waals surface area contributed by atoms with Gasteiger partial charge in [0.15, 0.2) is 5.82 Å². The minimum absolute atomic E-state index is 0.674. The Labute approximate surface area is 359 Å². The molecule has 12 rings (SSSR count). The Hall–Kier alpha value is -8.34. The van der Waals surface area contributed by atoms with Crippen LogP contribution in [0.4, 0.5) is 0 Å². The lowest BCUT2D eigenvalue weighted by Crippen LogP contribution is -1.99. The number of aromatic nitrogens is 4. The smallest absolute Gasteiger partial charge is 0.160 e. The summed E-state index contributed by atoms with van der Waals surface area (Å²) in [7, 11) is 0. The van der Waals surface area contributed by atoms with E-state index < -0.39 is 0 Å². The van der Waals surface area contributed by atoms with Crippen molar-refractivity contribution in [2.24, 2.45) is 0 Å². The molecule has 0 bridgehead atoms. The number of para-hydroxylation sites is 3. The monoisotopic (exact) mass is 790 g/mol. The molecule has 0 radical (unpaired) electrons. The van der Waals surface area contributed by atoms with Crippen molar-refractivity contribution in [3.05, 3.63) is 231 Å². The van der Waals surface area contributed by atoms with Crippen molar-refractivity contribution in [1.29, 1.82) is 0 Å². The molecule has 290 valence electrons. The standard InChI is InChI=1S/C58H38N4/c1-4-16-39(17-5-1)42-20-14-22-44(36-42)52-38-53(45-23-15-21-43(37-45)40-18-6-2-7-19-40)60-58(59-52)41-30-32-47(33-31-41)62-55-29-13-11-27-49(55)51-35-34-50-48-26-10-12-28-54(48)61(56(50)57(51)62)46-24-8-3-9-25-46/h1-38H. The highest BCUT2D eigenvalue weighted by Gasteiger charge is 2.21. The normalized spacial score (nSPS) is 11.5. The fraction of sp³-hybridized carbons (Fsp3) is 0. The van der Waals surface area contributed by atoms with Crippen LogP contribution in [0.15, 0.2) is 231 Å². The van der Waals surface area contributed by atoms with Gasteiger partial charge >= 0.3 is 0 Å². The Morgan fingerprint density at radius 2 is 0.661 bits per heavy atom. The predicted molar refractivity (Wildman–Crippen MR) is 258 cm³/mol. The van der Waals surface area contributed by atoms with Crippen molar-refractivity contribution >= 4 is 43.6 Å². The van der Waals surface area contributed by atoms with Gasteiger partial charge in [-0.25, -0.2) is 9.97 Å². The molecule has 0 spiro atoms. The zero-order valence-corrected chi connectivity index (χ0v) is 33.7. The summed E-state index contributed by atoms with van der Waals surface area (Å²) in [6.07, 6.45) is 0. The third kappa shape index (κ3) is 6.00. The minimum atomic E-state index is 0.674. The molecule has 3 heterocycles. The van der Waals surface area contributed by atoms with E-state index in [1.807, 2.05) is 0 Å². The summed E-state index contributed by atoms with van der Waals surface area (Å²) in [5.41, 5.74) is 16.3. The van der Waals surface area contributed by atoms with Crippen LogP contribution < -0.4 is 0 Å². The molecule has 0 N–H and O–H groups in total. The van der Waals surface area contributed by atoms with Gasteiger partial charge in [0.2, 0.25) is 0 Å². The minimum Gasteiger partial charge on any atom is -0.307 e. The van der Waals surface area contributed by atoms with Crippen molar-refractivity contribution in [1.82, 2.24) is 19.1 Å². The molecule has 0 aliphatic rings. The summed E-state index contributed by atoms with van der Waals surface area (Å²) in [6.45, 7) is 0. The first kappa shape index (κ1) is 35.6. The molecule has 0 atom stereocenters. The maximum Gasteiger partial charge on any atom is 0.160 e. The molecule has 0 fully saturated rings. The van der Waals surface area contributed by atoms with Crippen molar-refractivity contribution in [3.8, 4) is 67.5 Å². The van der Waals surface area contributed by atoms with Crippen molar-refractivity contribution in [2.75, 3.05) is 0 Å². The predicted octanol–water partition coefficient (Wildman–Crippen LogP) is 15.0. The summed E-state index contributed by atoms with van der Waals surface area (Å²) >= 11 is 0. The van der Waals surface area contributed by atoms with Crippen LogP contribution in [0.2, 0.25) is 0 Å². The molecule has 0 aliphatic heterocycles. The van der Waals surface area contributed by atoms with Gasteiger partial charge in [0, 0.05) is 49.6 Å². The van der Waals surface area contributed by atoms with Crippen LogP contribution >= 0.6 is 0 Å². The van der Waals surface area contributed by atoms with Gasteiger partial charge in [-0.3, -0.25) is 0 Å². The number of rotatable bonds is 7. The van der Waals surface area contributed by atoms with Crippen LogP contribution in [-0.4, -0.2) is 19.1 Å². The van der Waals surface area contributed by atoms with Crippen LogP contribution in [0, 0.1) is 0 Å². The highest BCUT2D eigenvalue weighted by molar-refractivity contribution is 6.23. The first-order valence-corrected chi connectivity index (χ1v) is 21.1. The van der Waals surface area contributed by atoms with Crippen molar-refractivity contribution in [3.63, 3.8) is 0 Å². The Morgan fingerprint density at radius 3 is 1.16 bits per heavy atom. The largest absolute Gasteiger partial charge is 0.307 e. The quantitative estimate of drug-likeness (QED) is 0.161. The average molecular weight is 791 g/mol. The van der Waals surface area contributed by atoms with Gasteiger partial charge < -0.3 is 9.13 Å². The molecule has 62 heavy (non-hydrogen) atoms. The zero-order valence-electron chi connectivity index (χ0n) is 33.7. The van der Waals surface area contributed by atoms with E-state index in [9.17, 15) is 0 Å². The van der Waals surface area contributed by atoms with E-state index in [-0.39, 0.29) is 0 Å². The highest BCUT2D eigenvalue weighted by atomic mass is 15.0. The average Bonchev–Trinajstić information content (AvgIpc) is 3.88. The summed E-state index contributed by atoms with van der Waals surface area (Å²) in [6, 6.07) is 82.0. The maximum absolute atomic E-state index is 5.30. The number of benzene rings is 9. The highest BCUT2D eigenvalue weighted by Crippen LogP contribution is 2.42. The first-order chi connectivity index (χ1) is 30.7. The molecule has 3 aromatic heterocycles. The van der Waals surface area contributed by atoms with E-state index in [0.717, 1.165) is 56.1 Å². The summed E-state index contributed by atoms with van der Waals surface area (Å²) < 4.78 is 4.86. The van der Waals surface area contributed by atoms with E-state index >= 15 is 0 Å². The van der Waals surface area contributed by atoms with Crippen LogP contribution in [-0.2, 0) is 0 Å². The Bertz CT molecular complexity index is 3500. The summed E-state index contributed by atoms with van der Waals surface area (Å²) in [5.74, 6) is 0.674. The molecular formula is C58H38N4. The molecule has 0 unspecified atom stereocenters. The van der Waals surface area contributed by atoms with Gasteiger partial charge in [-0.15, -0.1) is 0 Å². The van der Waals surface area contributed by atoms with E-state index in [4.69, 9.17) is 9.97 Å². The number of fused-ring (bicyclic) bond motifs is 7. The molecule has 9 aromatic carbocycles. The summed E-state index contributed by atoms with van der Waals surface area (Å²) in [5, 5.41) is 4.89. The molecule has 4 heteroatoms. The lowest BCUT2D eigenvalue weighted by molar-refractivity contribution is 1.14. The molecule has 0 aliphatic carbocycles. The fourth-order valence-corrected chi connectivity index (χ4v) is 9.22. The topological polar surface area (TPSA) is 35.6 Å². The Balaban J connectivity index is 1.04. The van der Waals surface area contributed by atoms with Gasteiger partial charge in [0.05, 0.1) is 33.5 Å². The molecular weight excluding hydrogens is 753 g/mol. The second-order valence-corrected chi connectivity index (χ2v) is 15.8. The number of nitrogens with zero attached hydrogens (tertiary/aromatic N) is 4. The van der Waals surface area contributed by atoms with E-state index in [1.54, 1.807) is 0 Å². The summed E-state index contributed by atoms with van der Waals surface area (Å²) in [4.78, 5) is 10.6. The maximum atomic E-state index is 5.30. The van der Waals surface area contributed by atoms with Crippen LogP contribution in [0.25, 0.3) is 111 Å². The molecule has 0 saturated carbocycles.